The molecular formula is C21H31N3O2. The number of nitrogens with one attached hydrogen (secondary N) is 1. The van der Waals surface area contributed by atoms with Gasteiger partial charge in [0.05, 0.1) is 12.4 Å². The number of carbonyl (C=O) groups is 1. The molecule has 1 aromatic heterocycles. The molecule has 1 aliphatic heterocycles. The summed E-state index contributed by atoms with van der Waals surface area (Å²) in [6.45, 7) is 9.81. The lowest BCUT2D eigenvalue weighted by molar-refractivity contribution is 0.111. The van der Waals surface area contributed by atoms with Crippen molar-refractivity contribution < 1.29 is 9.53 Å². The van der Waals surface area contributed by atoms with Gasteiger partial charge in [-0.05, 0) is 62.8 Å². The molecule has 0 aromatic carbocycles. The van der Waals surface area contributed by atoms with E-state index in [1.54, 1.807) is 18.3 Å². The van der Waals surface area contributed by atoms with E-state index < -0.39 is 0 Å². The molecule has 2 heterocycles. The first-order chi connectivity index (χ1) is 12.7. The summed E-state index contributed by atoms with van der Waals surface area (Å²) in [5.74, 6) is 0.559. The summed E-state index contributed by atoms with van der Waals surface area (Å²) in [4.78, 5) is 17.5. The van der Waals surface area contributed by atoms with E-state index in [9.17, 15) is 4.79 Å². The number of allylic oxidation sites excluding steroid dienone is 1. The molecule has 0 saturated carbocycles. The van der Waals surface area contributed by atoms with Gasteiger partial charge in [-0.3, -0.25) is 4.79 Å². The van der Waals surface area contributed by atoms with Crippen molar-refractivity contribution >= 4 is 6.29 Å². The largest absolute Gasteiger partial charge is 0.487 e. The van der Waals surface area contributed by atoms with Crippen LogP contribution in [0.1, 0.15) is 63.9 Å². The number of hydrogen-bond acceptors (Lipinski definition) is 5. The van der Waals surface area contributed by atoms with Crippen LogP contribution in [0.15, 0.2) is 41.4 Å². The van der Waals surface area contributed by atoms with Gasteiger partial charge in [-0.25, -0.2) is 4.98 Å². The molecule has 2 aliphatic rings. The van der Waals surface area contributed by atoms with E-state index in [4.69, 9.17) is 4.74 Å². The summed E-state index contributed by atoms with van der Waals surface area (Å²) < 4.78 is 5.94. The van der Waals surface area contributed by atoms with Crippen molar-refractivity contribution in [1.82, 2.24) is 15.2 Å². The Balaban J connectivity index is 0.00000117. The summed E-state index contributed by atoms with van der Waals surface area (Å²) in [5, 5.41) is 3.35. The lowest BCUT2D eigenvalue weighted by atomic mass is 9.89. The van der Waals surface area contributed by atoms with E-state index >= 15 is 0 Å². The number of aromatic nitrogens is 1. The Hall–Kier alpha value is -2.30. The van der Waals surface area contributed by atoms with Gasteiger partial charge in [0.25, 0.3) is 0 Å². The maximum absolute atomic E-state index is 11.1. The second kappa shape index (κ2) is 10.00. The molecule has 5 nitrogen and oxygen atoms in total. The fraction of sp³-hybridized carbons (Fsp3) is 0.524. The Morgan fingerprint density at radius 3 is 2.81 bits per heavy atom. The van der Waals surface area contributed by atoms with E-state index in [0.29, 0.717) is 24.1 Å². The first-order valence-electron chi connectivity index (χ1n) is 9.65. The molecule has 3 rings (SSSR count). The van der Waals surface area contributed by atoms with Crippen molar-refractivity contribution in [3.05, 3.63) is 47.1 Å². The molecule has 0 radical (unpaired) electrons. The Labute approximate surface area is 157 Å². The highest BCUT2D eigenvalue weighted by Gasteiger charge is 2.25. The van der Waals surface area contributed by atoms with Gasteiger partial charge >= 0.3 is 0 Å². The highest BCUT2D eigenvalue weighted by Crippen LogP contribution is 2.33. The minimum absolute atomic E-state index is 0.362. The van der Waals surface area contributed by atoms with E-state index in [-0.39, 0.29) is 0 Å². The van der Waals surface area contributed by atoms with Crippen molar-refractivity contribution in [2.75, 3.05) is 13.3 Å². The fourth-order valence-electron chi connectivity index (χ4n) is 3.34. The minimum Gasteiger partial charge on any atom is -0.487 e. The number of ether oxygens (including phenoxy) is 1. The van der Waals surface area contributed by atoms with Crippen LogP contribution < -0.4 is 10.1 Å². The van der Waals surface area contributed by atoms with Gasteiger partial charge < -0.3 is 15.0 Å². The van der Waals surface area contributed by atoms with Crippen LogP contribution in [-0.4, -0.2) is 35.5 Å². The summed E-state index contributed by atoms with van der Waals surface area (Å²) >= 11 is 0. The molecule has 1 N–H and O–H groups in total. The zero-order valence-electron chi connectivity index (χ0n) is 16.4. The third kappa shape index (κ3) is 4.65. The van der Waals surface area contributed by atoms with E-state index in [1.165, 1.54) is 29.7 Å². The monoisotopic (exact) mass is 357 g/mol. The Morgan fingerprint density at radius 2 is 2.08 bits per heavy atom. The van der Waals surface area contributed by atoms with E-state index in [0.717, 1.165) is 25.8 Å². The maximum atomic E-state index is 11.1. The van der Waals surface area contributed by atoms with Gasteiger partial charge in [0.1, 0.15) is 18.1 Å². The summed E-state index contributed by atoms with van der Waals surface area (Å²) in [6.07, 6.45) is 9.03. The van der Waals surface area contributed by atoms with Gasteiger partial charge in [0.2, 0.25) is 0 Å². The van der Waals surface area contributed by atoms with Gasteiger partial charge in [-0.1, -0.05) is 13.8 Å². The van der Waals surface area contributed by atoms with Gasteiger partial charge in [-0.15, -0.1) is 0 Å². The van der Waals surface area contributed by atoms with Gasteiger partial charge in [0.15, 0.2) is 6.29 Å². The van der Waals surface area contributed by atoms with Crippen molar-refractivity contribution in [2.24, 2.45) is 0 Å². The Kier molecular flexibility index (Phi) is 7.70. The molecule has 1 aliphatic carbocycles. The van der Waals surface area contributed by atoms with Crippen LogP contribution in [0, 0.1) is 0 Å². The number of rotatable bonds is 6. The quantitative estimate of drug-likeness (QED) is 0.770. The molecule has 0 saturated heterocycles. The van der Waals surface area contributed by atoms with Crippen LogP contribution in [0.25, 0.3) is 0 Å². The number of aldehydes is 1. The van der Waals surface area contributed by atoms with Crippen molar-refractivity contribution in [3.8, 4) is 5.75 Å². The van der Waals surface area contributed by atoms with Crippen LogP contribution in [-0.2, 0) is 0 Å². The molecule has 1 aromatic rings. The summed E-state index contributed by atoms with van der Waals surface area (Å²) in [5.41, 5.74) is 4.39. The van der Waals surface area contributed by atoms with Crippen molar-refractivity contribution in [1.29, 1.82) is 0 Å². The standard InChI is InChI=1S/C19H25N3O2.C2H6/c1-14(2)22-13-20-10-18(22)16-7-4-3-6-15(16)12-24-19-8-5-9-21-17(19)11-23;1-2/h5,8-11,14,20H,3-4,6-7,12-13H2,1-2H3;1-2H3. The normalized spacial score (nSPS) is 16.7. The zero-order valence-corrected chi connectivity index (χ0v) is 16.4. The summed E-state index contributed by atoms with van der Waals surface area (Å²) in [7, 11) is 0. The van der Waals surface area contributed by atoms with E-state index in [2.05, 4.69) is 35.2 Å². The smallest absolute Gasteiger partial charge is 0.172 e. The highest BCUT2D eigenvalue weighted by molar-refractivity contribution is 5.76. The van der Waals surface area contributed by atoms with Crippen LogP contribution in [0.3, 0.4) is 0 Å². The summed E-state index contributed by atoms with van der Waals surface area (Å²) in [6, 6.07) is 4.06. The zero-order chi connectivity index (χ0) is 18.9. The SMILES string of the molecule is CC.CC(C)N1CNC=C1C1=C(COc2cccnc2C=O)CCCC1. The average Bonchev–Trinajstić information content (AvgIpc) is 3.18. The molecule has 0 bridgehead atoms. The minimum atomic E-state index is 0.362. The third-order valence-corrected chi connectivity index (χ3v) is 4.64. The highest BCUT2D eigenvalue weighted by atomic mass is 16.5. The number of hydrogen-bond donors (Lipinski definition) is 1. The van der Waals surface area contributed by atoms with Crippen LogP contribution in [0.5, 0.6) is 5.75 Å². The molecule has 5 heteroatoms. The fourth-order valence-corrected chi connectivity index (χ4v) is 3.34. The predicted molar refractivity (Wildman–Crippen MR) is 105 cm³/mol. The molecule has 0 fully saturated rings. The maximum Gasteiger partial charge on any atom is 0.172 e. The second-order valence-electron chi connectivity index (χ2n) is 6.54. The third-order valence-electron chi connectivity index (χ3n) is 4.64. The lowest BCUT2D eigenvalue weighted by Gasteiger charge is -2.30. The topological polar surface area (TPSA) is 54.5 Å². The molecule has 0 unspecified atom stereocenters. The average molecular weight is 357 g/mol. The predicted octanol–water partition coefficient (Wildman–Crippen LogP) is 4.28. The van der Waals surface area contributed by atoms with E-state index in [1.807, 2.05) is 13.8 Å². The molecule has 0 spiro atoms. The molecule has 26 heavy (non-hydrogen) atoms. The lowest BCUT2D eigenvalue weighted by Crippen LogP contribution is -2.31. The van der Waals surface area contributed by atoms with Gasteiger partial charge in [-0.2, -0.15) is 0 Å². The number of nitrogens with zero attached hydrogens (tertiary/aromatic N) is 2. The van der Waals surface area contributed by atoms with Gasteiger partial charge in [0, 0.05) is 18.4 Å². The molecule has 0 amide bonds. The number of carbonyl (C=O) groups excluding carboxylic acids is 1. The van der Waals surface area contributed by atoms with Crippen molar-refractivity contribution in [2.45, 2.75) is 59.4 Å². The Morgan fingerprint density at radius 1 is 1.31 bits per heavy atom. The second-order valence-corrected chi connectivity index (χ2v) is 6.54. The number of pyridine rings is 1. The molecule has 0 atom stereocenters. The molecule has 142 valence electrons. The van der Waals surface area contributed by atoms with Crippen LogP contribution in [0.4, 0.5) is 0 Å². The first kappa shape index (κ1) is 20.0. The first-order valence-corrected chi connectivity index (χ1v) is 9.65. The van der Waals surface area contributed by atoms with Crippen LogP contribution >= 0.6 is 0 Å². The molecular weight excluding hydrogens is 326 g/mol. The van der Waals surface area contributed by atoms with Crippen molar-refractivity contribution in [3.63, 3.8) is 0 Å². The van der Waals surface area contributed by atoms with Crippen LogP contribution in [0.2, 0.25) is 0 Å². The Bertz CT molecular complexity index is 665.